The monoisotopic (exact) mass is 376 g/mol. The summed E-state index contributed by atoms with van der Waals surface area (Å²) in [7, 11) is 1.58. The van der Waals surface area contributed by atoms with Crippen molar-refractivity contribution in [2.75, 3.05) is 20.2 Å². The van der Waals surface area contributed by atoms with Crippen molar-refractivity contribution in [2.45, 2.75) is 26.3 Å². The molecule has 4 rings (SSSR count). The van der Waals surface area contributed by atoms with Crippen molar-refractivity contribution in [1.82, 2.24) is 9.80 Å². The number of nitrogens with zero attached hydrogens (tertiary/aromatic N) is 2. The number of ether oxygens (including phenoxy) is 1. The summed E-state index contributed by atoms with van der Waals surface area (Å²) in [4.78, 5) is 30.1. The number of hydrogen-bond donors (Lipinski definition) is 0. The molecule has 5 heteroatoms. The molecule has 28 heavy (non-hydrogen) atoms. The van der Waals surface area contributed by atoms with Gasteiger partial charge in [-0.3, -0.25) is 14.5 Å². The lowest BCUT2D eigenvalue weighted by molar-refractivity contribution is -0.138. The normalized spacial score (nSPS) is 17.1. The van der Waals surface area contributed by atoms with Crippen LogP contribution in [0.25, 0.3) is 5.57 Å². The van der Waals surface area contributed by atoms with Gasteiger partial charge in [-0.1, -0.05) is 48.0 Å². The van der Waals surface area contributed by atoms with Gasteiger partial charge in [0, 0.05) is 18.7 Å². The van der Waals surface area contributed by atoms with Crippen LogP contribution in [0, 0.1) is 6.92 Å². The number of hydrogen-bond acceptors (Lipinski definition) is 4. The minimum absolute atomic E-state index is 0.214. The first-order valence-corrected chi connectivity index (χ1v) is 9.64. The third-order valence-corrected chi connectivity index (χ3v) is 5.40. The maximum atomic E-state index is 13.4. The molecule has 1 saturated heterocycles. The van der Waals surface area contributed by atoms with Crippen LogP contribution in [0.1, 0.15) is 29.5 Å². The smallest absolute Gasteiger partial charge is 0.278 e. The van der Waals surface area contributed by atoms with Crippen LogP contribution in [0.15, 0.2) is 54.2 Å². The summed E-state index contributed by atoms with van der Waals surface area (Å²) in [5.41, 5.74) is 3.73. The summed E-state index contributed by atoms with van der Waals surface area (Å²) in [6.45, 7) is 3.88. The Morgan fingerprint density at radius 1 is 0.929 bits per heavy atom. The molecule has 0 atom stereocenters. The van der Waals surface area contributed by atoms with Crippen molar-refractivity contribution < 1.29 is 14.3 Å². The van der Waals surface area contributed by atoms with Crippen LogP contribution in [-0.2, 0) is 16.1 Å². The summed E-state index contributed by atoms with van der Waals surface area (Å²) >= 11 is 0. The summed E-state index contributed by atoms with van der Waals surface area (Å²) < 4.78 is 5.48. The third kappa shape index (κ3) is 3.17. The van der Waals surface area contributed by atoms with Crippen molar-refractivity contribution >= 4 is 17.4 Å². The van der Waals surface area contributed by atoms with E-state index < -0.39 is 0 Å². The molecule has 2 aromatic rings. The first-order valence-electron chi connectivity index (χ1n) is 9.64. The zero-order chi connectivity index (χ0) is 19.7. The Morgan fingerprint density at radius 2 is 1.61 bits per heavy atom. The number of carbonyl (C=O) groups excluding carboxylic acids is 2. The molecule has 2 aliphatic rings. The number of imide groups is 1. The predicted molar refractivity (Wildman–Crippen MR) is 107 cm³/mol. The lowest BCUT2D eigenvalue weighted by atomic mass is 10.0. The van der Waals surface area contributed by atoms with Gasteiger partial charge in [0.15, 0.2) is 0 Å². The summed E-state index contributed by atoms with van der Waals surface area (Å²) in [5.74, 6) is 0.137. The van der Waals surface area contributed by atoms with Gasteiger partial charge in [-0.2, -0.15) is 0 Å². The van der Waals surface area contributed by atoms with Gasteiger partial charge in [0.2, 0.25) is 0 Å². The average Bonchev–Trinajstić information content (AvgIpc) is 3.32. The van der Waals surface area contributed by atoms with E-state index in [2.05, 4.69) is 4.90 Å². The molecule has 1 fully saturated rings. The molecule has 0 unspecified atom stereocenters. The van der Waals surface area contributed by atoms with E-state index in [9.17, 15) is 9.59 Å². The number of aryl methyl sites for hydroxylation is 1. The van der Waals surface area contributed by atoms with Crippen molar-refractivity contribution in [1.29, 1.82) is 0 Å². The fraction of sp³-hybridized carbons (Fsp3) is 0.304. The first-order chi connectivity index (χ1) is 13.6. The Morgan fingerprint density at radius 3 is 2.29 bits per heavy atom. The highest BCUT2D eigenvalue weighted by molar-refractivity contribution is 6.35. The molecular weight excluding hydrogens is 352 g/mol. The molecule has 2 aromatic carbocycles. The Kier molecular flexibility index (Phi) is 4.90. The number of rotatable bonds is 5. The Balaban J connectivity index is 1.76. The van der Waals surface area contributed by atoms with E-state index in [-0.39, 0.29) is 18.4 Å². The number of amides is 2. The number of carbonyl (C=O) groups is 2. The highest BCUT2D eigenvalue weighted by Crippen LogP contribution is 2.37. The molecule has 0 aliphatic carbocycles. The summed E-state index contributed by atoms with van der Waals surface area (Å²) in [6.07, 6.45) is 2.06. The van der Waals surface area contributed by atoms with Gasteiger partial charge in [0.05, 0.1) is 19.2 Å². The summed E-state index contributed by atoms with van der Waals surface area (Å²) in [6, 6.07) is 15.3. The lowest BCUT2D eigenvalue weighted by Crippen LogP contribution is -2.34. The van der Waals surface area contributed by atoms with Gasteiger partial charge < -0.3 is 9.64 Å². The van der Waals surface area contributed by atoms with Crippen LogP contribution < -0.4 is 4.74 Å². The maximum absolute atomic E-state index is 13.4. The van der Waals surface area contributed by atoms with Gasteiger partial charge >= 0.3 is 0 Å². The molecule has 0 aromatic heterocycles. The summed E-state index contributed by atoms with van der Waals surface area (Å²) in [5, 5.41) is 0. The second-order valence-corrected chi connectivity index (χ2v) is 7.30. The minimum atomic E-state index is -0.253. The van der Waals surface area contributed by atoms with Crippen LogP contribution >= 0.6 is 0 Å². The zero-order valence-electron chi connectivity index (χ0n) is 16.3. The third-order valence-electron chi connectivity index (χ3n) is 5.40. The molecule has 2 heterocycles. The van der Waals surface area contributed by atoms with Crippen LogP contribution in [0.3, 0.4) is 0 Å². The van der Waals surface area contributed by atoms with E-state index in [1.807, 2.05) is 55.5 Å². The predicted octanol–water partition coefficient (Wildman–Crippen LogP) is 3.38. The second-order valence-electron chi connectivity index (χ2n) is 7.30. The number of likely N-dealkylation sites (tertiary alicyclic amines) is 1. The zero-order valence-corrected chi connectivity index (χ0v) is 16.3. The average molecular weight is 376 g/mol. The van der Waals surface area contributed by atoms with Crippen LogP contribution in [0.5, 0.6) is 5.75 Å². The minimum Gasteiger partial charge on any atom is -0.496 e. The maximum Gasteiger partial charge on any atom is 0.278 e. The van der Waals surface area contributed by atoms with E-state index in [1.54, 1.807) is 7.11 Å². The fourth-order valence-corrected chi connectivity index (χ4v) is 3.91. The van der Waals surface area contributed by atoms with Crippen molar-refractivity contribution in [3.05, 3.63) is 70.9 Å². The SMILES string of the molecule is COc1ccccc1C1=C(N2CCCC2)C(=O)N(Cc2ccc(C)cc2)C1=O. The number of methoxy groups -OCH3 is 1. The molecule has 2 amide bonds. The van der Waals surface area contributed by atoms with Gasteiger partial charge in [0.25, 0.3) is 11.8 Å². The Hall–Kier alpha value is -3.08. The van der Waals surface area contributed by atoms with Crippen LogP contribution in [-0.4, -0.2) is 41.8 Å². The molecule has 0 spiro atoms. The fourth-order valence-electron chi connectivity index (χ4n) is 3.91. The van der Waals surface area contributed by atoms with Crippen molar-refractivity contribution in [3.8, 4) is 5.75 Å². The number of para-hydroxylation sites is 1. The van der Waals surface area contributed by atoms with Gasteiger partial charge in [-0.05, 0) is 31.4 Å². The highest BCUT2D eigenvalue weighted by Gasteiger charge is 2.42. The molecule has 0 saturated carbocycles. The highest BCUT2D eigenvalue weighted by atomic mass is 16.5. The van der Waals surface area contributed by atoms with Gasteiger partial charge in [-0.15, -0.1) is 0 Å². The van der Waals surface area contributed by atoms with E-state index in [0.717, 1.165) is 37.1 Å². The van der Waals surface area contributed by atoms with Gasteiger partial charge in [0.1, 0.15) is 11.4 Å². The van der Waals surface area contributed by atoms with E-state index in [1.165, 1.54) is 4.90 Å². The largest absolute Gasteiger partial charge is 0.496 e. The van der Waals surface area contributed by atoms with E-state index in [0.29, 0.717) is 22.6 Å². The second kappa shape index (κ2) is 7.50. The van der Waals surface area contributed by atoms with E-state index >= 15 is 0 Å². The molecule has 0 radical (unpaired) electrons. The lowest BCUT2D eigenvalue weighted by Gasteiger charge is -2.20. The molecular formula is C23H24N2O3. The Labute approximate surface area is 165 Å². The topological polar surface area (TPSA) is 49.9 Å². The van der Waals surface area contributed by atoms with Crippen molar-refractivity contribution in [2.24, 2.45) is 0 Å². The first kappa shape index (κ1) is 18.3. The quantitative estimate of drug-likeness (QED) is 0.751. The van der Waals surface area contributed by atoms with E-state index in [4.69, 9.17) is 4.74 Å². The molecule has 144 valence electrons. The molecule has 2 aliphatic heterocycles. The number of benzene rings is 2. The standard InChI is InChI=1S/C23H24N2O3/c1-16-9-11-17(12-10-16)15-25-22(26)20(18-7-3-4-8-19(18)28-2)21(23(25)27)24-13-5-6-14-24/h3-4,7-12H,5-6,13-15H2,1-2H3. The van der Waals surface area contributed by atoms with Crippen LogP contribution in [0.4, 0.5) is 0 Å². The van der Waals surface area contributed by atoms with Gasteiger partial charge in [-0.25, -0.2) is 0 Å². The van der Waals surface area contributed by atoms with Crippen molar-refractivity contribution in [3.63, 3.8) is 0 Å². The Bertz CT molecular complexity index is 941. The molecule has 0 N–H and O–H groups in total. The molecule has 5 nitrogen and oxygen atoms in total. The molecule has 0 bridgehead atoms. The van der Waals surface area contributed by atoms with Crippen LogP contribution in [0.2, 0.25) is 0 Å².